The lowest BCUT2D eigenvalue weighted by Gasteiger charge is -2.26. The molecule has 25 heavy (non-hydrogen) atoms. The van der Waals surface area contributed by atoms with E-state index >= 15 is 0 Å². The van der Waals surface area contributed by atoms with E-state index in [0.717, 1.165) is 5.69 Å². The van der Waals surface area contributed by atoms with E-state index in [0.29, 0.717) is 5.56 Å². The quantitative estimate of drug-likeness (QED) is 0.857. The Balaban J connectivity index is 1.53. The van der Waals surface area contributed by atoms with Gasteiger partial charge in [-0.2, -0.15) is 0 Å². The van der Waals surface area contributed by atoms with Crippen molar-refractivity contribution in [2.24, 2.45) is 0 Å². The summed E-state index contributed by atoms with van der Waals surface area (Å²) in [5, 5.41) is 2.58. The molecule has 3 rings (SSSR count). The maximum Gasteiger partial charge on any atom is 0.251 e. The van der Waals surface area contributed by atoms with Gasteiger partial charge in [-0.1, -0.05) is 0 Å². The van der Waals surface area contributed by atoms with Crippen LogP contribution >= 0.6 is 0 Å². The van der Waals surface area contributed by atoms with E-state index in [1.54, 1.807) is 12.1 Å². The van der Waals surface area contributed by atoms with E-state index in [2.05, 4.69) is 5.32 Å². The van der Waals surface area contributed by atoms with Crippen molar-refractivity contribution in [1.82, 2.24) is 14.8 Å². The van der Waals surface area contributed by atoms with Crippen LogP contribution in [-0.2, 0) is 14.6 Å². The Morgan fingerprint density at radius 3 is 2.20 bits per heavy atom. The third-order valence-electron chi connectivity index (χ3n) is 4.13. The highest BCUT2D eigenvalue weighted by Crippen LogP contribution is 2.10. The fourth-order valence-electron chi connectivity index (χ4n) is 2.62. The second kappa shape index (κ2) is 7.10. The zero-order valence-corrected chi connectivity index (χ0v) is 14.4. The predicted octanol–water partition coefficient (Wildman–Crippen LogP) is 0.464. The van der Waals surface area contributed by atoms with E-state index in [4.69, 9.17) is 0 Å². The highest BCUT2D eigenvalue weighted by Gasteiger charge is 2.25. The Bertz CT molecular complexity index is 844. The van der Waals surface area contributed by atoms with Crippen molar-refractivity contribution < 1.29 is 18.0 Å². The average Bonchev–Trinajstić information content (AvgIpc) is 3.14. The molecule has 0 saturated carbocycles. The van der Waals surface area contributed by atoms with Crippen molar-refractivity contribution in [1.29, 1.82) is 0 Å². The van der Waals surface area contributed by atoms with E-state index in [9.17, 15) is 18.0 Å². The van der Waals surface area contributed by atoms with E-state index in [1.165, 1.54) is 4.90 Å². The Kier molecular flexibility index (Phi) is 4.89. The van der Waals surface area contributed by atoms with Crippen molar-refractivity contribution in [3.63, 3.8) is 0 Å². The molecule has 0 atom stereocenters. The minimum Gasteiger partial charge on any atom is -0.343 e. The predicted molar refractivity (Wildman–Crippen MR) is 93.3 cm³/mol. The molecular weight excluding hydrogens is 342 g/mol. The standard InChI is InChI=1S/C17H19N3O4S/c21-16(20-9-11-25(23,24)12-10-20)13-18-17(22)14-3-5-15(6-4-14)19-7-1-2-8-19/h1-8H,9-13H2,(H,18,22). The van der Waals surface area contributed by atoms with Gasteiger partial charge in [0, 0.05) is 36.7 Å². The van der Waals surface area contributed by atoms with Gasteiger partial charge in [0.25, 0.3) is 5.91 Å². The molecule has 8 heteroatoms. The molecule has 1 N–H and O–H groups in total. The lowest BCUT2D eigenvalue weighted by molar-refractivity contribution is -0.129. The van der Waals surface area contributed by atoms with Crippen LogP contribution in [0.1, 0.15) is 10.4 Å². The number of carbonyl (C=O) groups is 2. The number of nitrogens with one attached hydrogen (secondary N) is 1. The zero-order valence-electron chi connectivity index (χ0n) is 13.6. The first-order valence-corrected chi connectivity index (χ1v) is 9.76. The summed E-state index contributed by atoms with van der Waals surface area (Å²) in [6.45, 7) is 0.226. The molecule has 2 heterocycles. The molecule has 1 aromatic heterocycles. The van der Waals surface area contributed by atoms with Crippen molar-refractivity contribution >= 4 is 21.7 Å². The molecule has 1 aromatic carbocycles. The number of nitrogens with zero attached hydrogens (tertiary/aromatic N) is 2. The largest absolute Gasteiger partial charge is 0.343 e. The average molecular weight is 361 g/mol. The first kappa shape index (κ1) is 17.2. The molecule has 2 amide bonds. The topological polar surface area (TPSA) is 88.5 Å². The SMILES string of the molecule is O=C(NCC(=O)N1CCS(=O)(=O)CC1)c1ccc(-n2cccc2)cc1. The van der Waals surface area contributed by atoms with Gasteiger partial charge in [-0.15, -0.1) is 0 Å². The second-order valence-electron chi connectivity index (χ2n) is 5.85. The van der Waals surface area contributed by atoms with Crippen LogP contribution in [0.25, 0.3) is 5.69 Å². The first-order valence-electron chi connectivity index (χ1n) is 7.94. The Morgan fingerprint density at radius 2 is 1.60 bits per heavy atom. The second-order valence-corrected chi connectivity index (χ2v) is 8.16. The third-order valence-corrected chi connectivity index (χ3v) is 5.74. The summed E-state index contributed by atoms with van der Waals surface area (Å²) in [6, 6.07) is 10.9. The van der Waals surface area contributed by atoms with Crippen LogP contribution < -0.4 is 5.32 Å². The Labute approximate surface area is 146 Å². The molecule has 132 valence electrons. The van der Waals surface area contributed by atoms with Gasteiger partial charge < -0.3 is 14.8 Å². The molecule has 0 radical (unpaired) electrons. The molecule has 0 spiro atoms. The van der Waals surface area contributed by atoms with Crippen molar-refractivity contribution in [2.75, 3.05) is 31.1 Å². The summed E-state index contributed by atoms with van der Waals surface area (Å²) in [5.41, 5.74) is 1.40. The lowest BCUT2D eigenvalue weighted by atomic mass is 10.2. The van der Waals surface area contributed by atoms with Crippen molar-refractivity contribution in [2.45, 2.75) is 0 Å². The minimum atomic E-state index is -3.03. The maximum atomic E-state index is 12.1. The van der Waals surface area contributed by atoms with Gasteiger partial charge in [0.15, 0.2) is 9.84 Å². The molecule has 0 aliphatic carbocycles. The lowest BCUT2D eigenvalue weighted by Crippen LogP contribution is -2.47. The molecule has 1 fully saturated rings. The number of hydrogen-bond acceptors (Lipinski definition) is 4. The van der Waals surface area contributed by atoms with Crippen LogP contribution in [0.15, 0.2) is 48.8 Å². The van der Waals surface area contributed by atoms with E-state index in [-0.39, 0.29) is 43.0 Å². The third kappa shape index (κ3) is 4.27. The Hall–Kier alpha value is -2.61. The number of benzene rings is 1. The van der Waals surface area contributed by atoms with Crippen LogP contribution in [0.5, 0.6) is 0 Å². The number of amides is 2. The van der Waals surface area contributed by atoms with E-state index < -0.39 is 9.84 Å². The molecule has 0 unspecified atom stereocenters. The van der Waals surface area contributed by atoms with Gasteiger partial charge in [-0.05, 0) is 36.4 Å². The normalized spacial score (nSPS) is 16.4. The molecule has 7 nitrogen and oxygen atoms in total. The number of hydrogen-bond donors (Lipinski definition) is 1. The summed E-state index contributed by atoms with van der Waals surface area (Å²) in [7, 11) is -3.03. The molecular formula is C17H19N3O4S. The monoisotopic (exact) mass is 361 g/mol. The first-order chi connectivity index (χ1) is 11.9. The zero-order chi connectivity index (χ0) is 17.9. The summed E-state index contributed by atoms with van der Waals surface area (Å²) in [6.07, 6.45) is 3.82. The summed E-state index contributed by atoms with van der Waals surface area (Å²) >= 11 is 0. The molecule has 2 aromatic rings. The van der Waals surface area contributed by atoms with Gasteiger partial charge in [0.1, 0.15) is 0 Å². The summed E-state index contributed by atoms with van der Waals surface area (Å²) < 4.78 is 24.7. The molecule has 0 bridgehead atoms. The van der Waals surface area contributed by atoms with Gasteiger partial charge in [0.05, 0.1) is 18.1 Å². The van der Waals surface area contributed by atoms with Crippen molar-refractivity contribution in [3.8, 4) is 5.69 Å². The van der Waals surface area contributed by atoms with Crippen LogP contribution in [0.2, 0.25) is 0 Å². The molecule has 1 aliphatic heterocycles. The number of rotatable bonds is 4. The van der Waals surface area contributed by atoms with Gasteiger partial charge in [0.2, 0.25) is 5.91 Å². The fourth-order valence-corrected chi connectivity index (χ4v) is 3.82. The van der Waals surface area contributed by atoms with Gasteiger partial charge in [-0.3, -0.25) is 9.59 Å². The van der Waals surface area contributed by atoms with Gasteiger partial charge >= 0.3 is 0 Å². The van der Waals surface area contributed by atoms with Crippen LogP contribution in [0.3, 0.4) is 0 Å². The smallest absolute Gasteiger partial charge is 0.251 e. The molecule has 1 aliphatic rings. The number of carbonyl (C=O) groups excluding carboxylic acids is 2. The highest BCUT2D eigenvalue weighted by atomic mass is 32.2. The number of sulfone groups is 1. The fraction of sp³-hybridized carbons (Fsp3) is 0.294. The van der Waals surface area contributed by atoms with Crippen LogP contribution in [0.4, 0.5) is 0 Å². The van der Waals surface area contributed by atoms with Crippen molar-refractivity contribution in [3.05, 3.63) is 54.4 Å². The van der Waals surface area contributed by atoms with Crippen LogP contribution in [0, 0.1) is 0 Å². The number of aromatic nitrogens is 1. The van der Waals surface area contributed by atoms with Crippen LogP contribution in [-0.4, -0.2) is 60.8 Å². The van der Waals surface area contributed by atoms with Gasteiger partial charge in [-0.25, -0.2) is 8.42 Å². The highest BCUT2D eigenvalue weighted by molar-refractivity contribution is 7.91. The maximum absolute atomic E-state index is 12.1. The van der Waals surface area contributed by atoms with E-state index in [1.807, 2.05) is 41.2 Å². The minimum absolute atomic E-state index is 0.0203. The molecule has 1 saturated heterocycles. The summed E-state index contributed by atoms with van der Waals surface area (Å²) in [4.78, 5) is 25.7. The Morgan fingerprint density at radius 1 is 1.00 bits per heavy atom. The summed E-state index contributed by atoms with van der Waals surface area (Å²) in [5.74, 6) is -0.648.